The van der Waals surface area contributed by atoms with Crippen molar-refractivity contribution in [1.82, 2.24) is 4.90 Å². The highest BCUT2D eigenvalue weighted by molar-refractivity contribution is 5.96. The van der Waals surface area contributed by atoms with Gasteiger partial charge in [-0.25, -0.2) is 4.79 Å². The number of hydrogen-bond acceptors (Lipinski definition) is 3. The minimum absolute atomic E-state index is 0.0529. The van der Waals surface area contributed by atoms with Gasteiger partial charge in [0.05, 0.1) is 0 Å². The van der Waals surface area contributed by atoms with Crippen molar-refractivity contribution in [3.63, 3.8) is 0 Å². The smallest absolute Gasteiger partial charge is 0.326 e. The number of carbonyl (C=O) groups is 2. The van der Waals surface area contributed by atoms with Gasteiger partial charge in [-0.2, -0.15) is 0 Å². The Bertz CT molecular complexity index is 577. The van der Waals surface area contributed by atoms with Crippen LogP contribution in [-0.4, -0.2) is 34.0 Å². The first-order valence-electron chi connectivity index (χ1n) is 7.61. The lowest BCUT2D eigenvalue weighted by Crippen LogP contribution is -2.46. The maximum Gasteiger partial charge on any atom is 0.326 e. The topological polar surface area (TPSA) is 70.8 Å². The summed E-state index contributed by atoms with van der Waals surface area (Å²) in [6.07, 6.45) is 4.69. The van der Waals surface area contributed by atoms with Crippen molar-refractivity contribution in [2.24, 2.45) is 5.92 Å². The lowest BCUT2D eigenvalue weighted by atomic mass is 9.84. The van der Waals surface area contributed by atoms with Gasteiger partial charge in [-0.15, -0.1) is 0 Å². The summed E-state index contributed by atoms with van der Waals surface area (Å²) in [4.78, 5) is 26.0. The molecule has 114 valence electrons. The third-order valence-electron chi connectivity index (χ3n) is 4.84. The molecule has 0 radical (unpaired) electrons. The molecule has 1 saturated heterocycles. The first-order valence-corrected chi connectivity index (χ1v) is 7.61. The molecule has 0 unspecified atom stereocenters. The lowest BCUT2D eigenvalue weighted by molar-refractivity contribution is -0.141. The third-order valence-corrected chi connectivity index (χ3v) is 4.84. The predicted molar refractivity (Wildman–Crippen MR) is 76.1 cm³/mol. The summed E-state index contributed by atoms with van der Waals surface area (Å²) < 4.78 is 5.51. The van der Waals surface area contributed by atoms with Crippen LogP contribution < -0.4 is 0 Å². The van der Waals surface area contributed by atoms with Crippen LogP contribution in [0, 0.1) is 19.8 Å². The van der Waals surface area contributed by atoms with E-state index in [-0.39, 0.29) is 11.9 Å². The maximum atomic E-state index is 12.8. The van der Waals surface area contributed by atoms with Gasteiger partial charge in [-0.1, -0.05) is 12.8 Å². The van der Waals surface area contributed by atoms with Crippen LogP contribution in [0.4, 0.5) is 0 Å². The van der Waals surface area contributed by atoms with E-state index in [0.29, 0.717) is 23.9 Å². The molecular formula is C16H21NO4. The summed E-state index contributed by atoms with van der Waals surface area (Å²) in [6, 6.07) is 1.16. The fourth-order valence-electron chi connectivity index (χ4n) is 3.94. The number of carboxylic acid groups (broad SMARTS) is 1. The molecule has 2 fully saturated rings. The molecule has 1 amide bonds. The predicted octanol–water partition coefficient (Wildman–Crippen LogP) is 2.75. The van der Waals surface area contributed by atoms with Gasteiger partial charge >= 0.3 is 5.97 Å². The minimum atomic E-state index is -0.904. The molecule has 5 heteroatoms. The van der Waals surface area contributed by atoms with E-state index < -0.39 is 12.0 Å². The second kappa shape index (κ2) is 5.20. The van der Waals surface area contributed by atoms with Gasteiger partial charge in [0, 0.05) is 11.6 Å². The molecule has 3 rings (SSSR count). The van der Waals surface area contributed by atoms with E-state index in [1.54, 1.807) is 11.8 Å². The highest BCUT2D eigenvalue weighted by Crippen LogP contribution is 2.40. The molecular weight excluding hydrogens is 270 g/mol. The van der Waals surface area contributed by atoms with Crippen molar-refractivity contribution in [1.29, 1.82) is 0 Å². The largest absolute Gasteiger partial charge is 0.480 e. The Morgan fingerprint density at radius 2 is 2.00 bits per heavy atom. The summed E-state index contributed by atoms with van der Waals surface area (Å²) in [5.41, 5.74) is 0.779. The van der Waals surface area contributed by atoms with Gasteiger partial charge in [0.25, 0.3) is 5.91 Å². The number of carbonyl (C=O) groups excluding carboxylic acids is 1. The summed E-state index contributed by atoms with van der Waals surface area (Å²) in [5.74, 6) is 0.133. The number of hydrogen-bond donors (Lipinski definition) is 1. The van der Waals surface area contributed by atoms with Crippen molar-refractivity contribution in [3.05, 3.63) is 23.2 Å². The van der Waals surface area contributed by atoms with Crippen LogP contribution in [0.3, 0.4) is 0 Å². The van der Waals surface area contributed by atoms with E-state index in [1.807, 2.05) is 13.0 Å². The number of aliphatic carboxylic acids is 1. The monoisotopic (exact) mass is 291 g/mol. The van der Waals surface area contributed by atoms with Crippen LogP contribution in [0.5, 0.6) is 0 Å². The number of nitrogens with zero attached hydrogens (tertiary/aromatic N) is 1. The Hall–Kier alpha value is -1.78. The van der Waals surface area contributed by atoms with Crippen molar-refractivity contribution in [2.45, 2.75) is 58.0 Å². The molecule has 1 saturated carbocycles. The van der Waals surface area contributed by atoms with Gasteiger partial charge in [-0.05, 0) is 45.1 Å². The van der Waals surface area contributed by atoms with Crippen LogP contribution in [0.1, 0.15) is 54.0 Å². The zero-order chi connectivity index (χ0) is 15.1. The third kappa shape index (κ3) is 2.34. The second-order valence-corrected chi connectivity index (χ2v) is 6.28. The Balaban J connectivity index is 1.94. The molecule has 5 nitrogen and oxygen atoms in total. The maximum absolute atomic E-state index is 12.8. The number of likely N-dealkylation sites (tertiary alicyclic amines) is 1. The average molecular weight is 291 g/mol. The Labute approximate surface area is 123 Å². The molecule has 0 aromatic carbocycles. The second-order valence-electron chi connectivity index (χ2n) is 6.28. The number of fused-ring (bicyclic) bond motifs is 1. The van der Waals surface area contributed by atoms with E-state index >= 15 is 0 Å². The van der Waals surface area contributed by atoms with Gasteiger partial charge in [0.1, 0.15) is 11.8 Å². The van der Waals surface area contributed by atoms with E-state index in [1.165, 1.54) is 0 Å². The molecule has 1 aromatic rings. The molecule has 0 bridgehead atoms. The number of rotatable bonds is 2. The minimum Gasteiger partial charge on any atom is -0.480 e. The van der Waals surface area contributed by atoms with E-state index in [0.717, 1.165) is 31.2 Å². The highest BCUT2D eigenvalue weighted by atomic mass is 16.4. The molecule has 21 heavy (non-hydrogen) atoms. The summed E-state index contributed by atoms with van der Waals surface area (Å²) in [5, 5.41) is 9.48. The SMILES string of the molecule is Cc1cc(C)c(C(=O)N2[C@H](C(=O)O)C[C@@H]3CCCC[C@@H]32)o1. The normalized spacial score (nSPS) is 28.5. The van der Waals surface area contributed by atoms with Crippen LogP contribution in [0.25, 0.3) is 0 Å². The Kier molecular flexibility index (Phi) is 3.51. The zero-order valence-electron chi connectivity index (χ0n) is 12.5. The molecule has 2 heterocycles. The van der Waals surface area contributed by atoms with E-state index in [2.05, 4.69) is 0 Å². The average Bonchev–Trinajstić information content (AvgIpc) is 2.98. The quantitative estimate of drug-likeness (QED) is 0.909. The summed E-state index contributed by atoms with van der Waals surface area (Å²) in [6.45, 7) is 3.62. The van der Waals surface area contributed by atoms with Gasteiger partial charge in [0.2, 0.25) is 0 Å². The summed E-state index contributed by atoms with van der Waals surface area (Å²) in [7, 11) is 0. The van der Waals surface area contributed by atoms with Crippen LogP contribution in [0.2, 0.25) is 0 Å². The highest BCUT2D eigenvalue weighted by Gasteiger charge is 2.48. The van der Waals surface area contributed by atoms with Crippen molar-refractivity contribution >= 4 is 11.9 Å². The number of amides is 1. The Morgan fingerprint density at radius 1 is 1.29 bits per heavy atom. The van der Waals surface area contributed by atoms with Crippen molar-refractivity contribution in [2.75, 3.05) is 0 Å². The fraction of sp³-hybridized carbons (Fsp3) is 0.625. The van der Waals surface area contributed by atoms with Gasteiger partial charge in [0.15, 0.2) is 5.76 Å². The Morgan fingerprint density at radius 3 is 2.62 bits per heavy atom. The van der Waals surface area contributed by atoms with Crippen molar-refractivity contribution < 1.29 is 19.1 Å². The van der Waals surface area contributed by atoms with Crippen LogP contribution in [-0.2, 0) is 4.79 Å². The van der Waals surface area contributed by atoms with Gasteiger partial charge < -0.3 is 14.4 Å². The van der Waals surface area contributed by atoms with Crippen molar-refractivity contribution in [3.8, 4) is 0 Å². The summed E-state index contributed by atoms with van der Waals surface area (Å²) >= 11 is 0. The number of carboxylic acids is 1. The molecule has 3 atom stereocenters. The van der Waals surface area contributed by atoms with E-state index in [4.69, 9.17) is 4.42 Å². The molecule has 1 N–H and O–H groups in total. The standard InChI is InChI=1S/C16H21NO4/c1-9-7-10(2)21-14(9)15(18)17-12-6-4-3-5-11(12)8-13(17)16(19)20/h7,11-13H,3-6,8H2,1-2H3,(H,19,20)/t11-,12-,13-/m0/s1. The fourth-order valence-corrected chi connectivity index (χ4v) is 3.94. The zero-order valence-corrected chi connectivity index (χ0v) is 12.5. The molecule has 2 aliphatic rings. The molecule has 1 aromatic heterocycles. The first kappa shape index (κ1) is 14.2. The molecule has 1 aliphatic heterocycles. The molecule has 1 aliphatic carbocycles. The number of aryl methyl sites for hydroxylation is 2. The van der Waals surface area contributed by atoms with Gasteiger partial charge in [-0.3, -0.25) is 4.79 Å². The van der Waals surface area contributed by atoms with E-state index in [9.17, 15) is 14.7 Å². The number of furan rings is 1. The van der Waals surface area contributed by atoms with Crippen LogP contribution >= 0.6 is 0 Å². The lowest BCUT2D eigenvalue weighted by Gasteiger charge is -2.32. The molecule has 0 spiro atoms. The first-order chi connectivity index (χ1) is 9.99. The van der Waals surface area contributed by atoms with Crippen LogP contribution in [0.15, 0.2) is 10.5 Å².